The Morgan fingerprint density at radius 3 is 2.57 bits per heavy atom. The molecule has 0 radical (unpaired) electrons. The Labute approximate surface area is 102 Å². The Balaban J connectivity index is 2.40. The summed E-state index contributed by atoms with van der Waals surface area (Å²) in [6.07, 6.45) is 4.95. The van der Waals surface area contributed by atoms with Gasteiger partial charge >= 0.3 is 0 Å². The first-order valence-electron chi connectivity index (χ1n) is 4.67. The van der Waals surface area contributed by atoms with Gasteiger partial charge in [0, 0.05) is 5.92 Å². The molecule has 5 heteroatoms. The first kappa shape index (κ1) is 10.4. The van der Waals surface area contributed by atoms with Gasteiger partial charge in [-0.2, -0.15) is 4.98 Å². The molecule has 1 aromatic heterocycles. The predicted octanol–water partition coefficient (Wildman–Crippen LogP) is 2.97. The molecule has 76 valence electrons. The number of nitrogens with zero attached hydrogens (tertiary/aromatic N) is 2. The molecule has 0 amide bonds. The van der Waals surface area contributed by atoms with E-state index < -0.39 is 0 Å². The first-order valence-corrected chi connectivity index (χ1v) is 6.12. The van der Waals surface area contributed by atoms with Crippen LogP contribution < -0.4 is 5.73 Å². The minimum atomic E-state index is 0.268. The van der Waals surface area contributed by atoms with Crippen LogP contribution in [0.15, 0.2) is 0 Å². The Bertz CT molecular complexity index is 350. The average Bonchev–Trinajstić information content (AvgIpc) is 2.63. The van der Waals surface area contributed by atoms with Crippen LogP contribution in [0.5, 0.6) is 0 Å². The van der Waals surface area contributed by atoms with Crippen molar-refractivity contribution in [1.29, 1.82) is 0 Å². The molecule has 2 rings (SSSR count). The third-order valence-corrected chi connectivity index (χ3v) is 3.89. The predicted molar refractivity (Wildman–Crippen MR) is 65.4 cm³/mol. The largest absolute Gasteiger partial charge is 0.383 e. The van der Waals surface area contributed by atoms with Gasteiger partial charge in [-0.15, -0.1) is 0 Å². The second kappa shape index (κ2) is 4.18. The van der Waals surface area contributed by atoms with Crippen LogP contribution >= 0.6 is 34.2 Å². The number of nitrogen functional groups attached to an aromatic ring is 1. The van der Waals surface area contributed by atoms with Crippen LogP contribution in [0.1, 0.15) is 37.3 Å². The maximum atomic E-state index is 5.79. The third kappa shape index (κ3) is 1.95. The molecule has 1 aliphatic rings. The summed E-state index contributed by atoms with van der Waals surface area (Å²) in [5, 5.41) is 0.268. The number of halogens is 2. The topological polar surface area (TPSA) is 51.8 Å². The van der Waals surface area contributed by atoms with E-state index in [9.17, 15) is 0 Å². The molecule has 1 aromatic rings. The van der Waals surface area contributed by atoms with Gasteiger partial charge in [0.1, 0.15) is 5.82 Å². The zero-order valence-electron chi connectivity index (χ0n) is 7.63. The van der Waals surface area contributed by atoms with E-state index in [0.717, 1.165) is 9.26 Å². The van der Waals surface area contributed by atoms with Gasteiger partial charge in [-0.25, -0.2) is 4.98 Å². The number of hydrogen-bond donors (Lipinski definition) is 1. The molecule has 1 fully saturated rings. The Kier molecular flexibility index (Phi) is 3.11. The molecule has 0 unspecified atom stereocenters. The van der Waals surface area contributed by atoms with Gasteiger partial charge in [-0.3, -0.25) is 0 Å². The fourth-order valence-corrected chi connectivity index (χ4v) is 2.79. The molecule has 0 bridgehead atoms. The summed E-state index contributed by atoms with van der Waals surface area (Å²) in [6.45, 7) is 0. The van der Waals surface area contributed by atoms with Gasteiger partial charge in [0.15, 0.2) is 0 Å². The van der Waals surface area contributed by atoms with E-state index in [1.165, 1.54) is 25.7 Å². The zero-order valence-corrected chi connectivity index (χ0v) is 10.5. The highest BCUT2D eigenvalue weighted by molar-refractivity contribution is 14.1. The fourth-order valence-electron chi connectivity index (χ4n) is 1.92. The Hall–Kier alpha value is -0.100. The number of nitrogens with two attached hydrogens (primary N) is 1. The minimum absolute atomic E-state index is 0.268. The zero-order chi connectivity index (χ0) is 10.1. The van der Waals surface area contributed by atoms with Crippen molar-refractivity contribution in [3.8, 4) is 0 Å². The van der Waals surface area contributed by atoms with Gasteiger partial charge in [0.2, 0.25) is 5.28 Å². The van der Waals surface area contributed by atoms with Crippen molar-refractivity contribution in [2.24, 2.45) is 0 Å². The van der Waals surface area contributed by atoms with Crippen LogP contribution in [0.3, 0.4) is 0 Å². The molecule has 1 aliphatic carbocycles. The van der Waals surface area contributed by atoms with E-state index in [4.69, 9.17) is 17.3 Å². The van der Waals surface area contributed by atoms with Gasteiger partial charge < -0.3 is 5.73 Å². The lowest BCUT2D eigenvalue weighted by Gasteiger charge is -2.11. The van der Waals surface area contributed by atoms with Crippen LogP contribution in [0, 0.1) is 3.57 Å². The maximum absolute atomic E-state index is 5.79. The van der Waals surface area contributed by atoms with Gasteiger partial charge in [-0.05, 0) is 47.0 Å². The highest BCUT2D eigenvalue weighted by Crippen LogP contribution is 2.36. The van der Waals surface area contributed by atoms with Crippen LogP contribution in [-0.2, 0) is 0 Å². The van der Waals surface area contributed by atoms with Crippen molar-refractivity contribution in [3.05, 3.63) is 14.5 Å². The number of anilines is 1. The molecular formula is C9H11ClIN3. The second-order valence-electron chi connectivity index (χ2n) is 3.56. The number of aromatic nitrogens is 2. The van der Waals surface area contributed by atoms with Crippen molar-refractivity contribution in [1.82, 2.24) is 9.97 Å². The second-order valence-corrected chi connectivity index (χ2v) is 4.98. The fraction of sp³-hybridized carbons (Fsp3) is 0.556. The Morgan fingerprint density at radius 2 is 1.93 bits per heavy atom. The van der Waals surface area contributed by atoms with Crippen molar-refractivity contribution >= 4 is 40.0 Å². The molecule has 1 heterocycles. The average molecular weight is 324 g/mol. The lowest BCUT2D eigenvalue weighted by molar-refractivity contribution is 0.690. The lowest BCUT2D eigenvalue weighted by Crippen LogP contribution is -2.06. The molecular weight excluding hydrogens is 312 g/mol. The summed E-state index contributed by atoms with van der Waals surface area (Å²) in [6, 6.07) is 0. The summed E-state index contributed by atoms with van der Waals surface area (Å²) >= 11 is 8.00. The molecule has 0 spiro atoms. The normalized spacial score (nSPS) is 17.6. The van der Waals surface area contributed by atoms with Crippen molar-refractivity contribution in [2.75, 3.05) is 5.73 Å². The molecule has 2 N–H and O–H groups in total. The summed E-state index contributed by atoms with van der Waals surface area (Å²) in [5.41, 5.74) is 6.79. The number of hydrogen-bond acceptors (Lipinski definition) is 3. The van der Waals surface area contributed by atoms with Crippen LogP contribution in [0.4, 0.5) is 5.82 Å². The summed E-state index contributed by atoms with van der Waals surface area (Å²) in [4.78, 5) is 8.21. The molecule has 3 nitrogen and oxygen atoms in total. The highest BCUT2D eigenvalue weighted by Gasteiger charge is 2.22. The molecule has 0 saturated heterocycles. The molecule has 0 aliphatic heterocycles. The van der Waals surface area contributed by atoms with Crippen LogP contribution in [0.25, 0.3) is 0 Å². The SMILES string of the molecule is Nc1nc(Cl)nc(C2CCCC2)c1I. The van der Waals surface area contributed by atoms with Crippen molar-refractivity contribution < 1.29 is 0 Å². The summed E-state index contributed by atoms with van der Waals surface area (Å²) in [7, 11) is 0. The van der Waals surface area contributed by atoms with Crippen molar-refractivity contribution in [2.45, 2.75) is 31.6 Å². The molecule has 14 heavy (non-hydrogen) atoms. The molecule has 0 aromatic carbocycles. The Morgan fingerprint density at radius 1 is 1.29 bits per heavy atom. The van der Waals surface area contributed by atoms with Gasteiger partial charge in [-0.1, -0.05) is 12.8 Å². The third-order valence-electron chi connectivity index (χ3n) is 2.62. The van der Waals surface area contributed by atoms with Gasteiger partial charge in [0.25, 0.3) is 0 Å². The van der Waals surface area contributed by atoms with Crippen LogP contribution in [-0.4, -0.2) is 9.97 Å². The highest BCUT2D eigenvalue weighted by atomic mass is 127. The van der Waals surface area contributed by atoms with E-state index in [1.54, 1.807) is 0 Å². The van der Waals surface area contributed by atoms with E-state index >= 15 is 0 Å². The first-order chi connectivity index (χ1) is 6.68. The van der Waals surface area contributed by atoms with Crippen LogP contribution in [0.2, 0.25) is 5.28 Å². The lowest BCUT2D eigenvalue weighted by atomic mass is 10.0. The standard InChI is InChI=1S/C9H11ClIN3/c10-9-13-7(5-3-1-2-4-5)6(11)8(12)14-9/h5H,1-4H2,(H2,12,13,14). The molecule has 1 saturated carbocycles. The van der Waals surface area contributed by atoms with E-state index in [-0.39, 0.29) is 5.28 Å². The summed E-state index contributed by atoms with van der Waals surface area (Å²) in [5.74, 6) is 1.04. The van der Waals surface area contributed by atoms with Gasteiger partial charge in [0.05, 0.1) is 9.26 Å². The monoisotopic (exact) mass is 323 g/mol. The molecule has 0 atom stereocenters. The minimum Gasteiger partial charge on any atom is -0.383 e. The van der Waals surface area contributed by atoms with E-state index in [1.807, 2.05) is 0 Å². The smallest absolute Gasteiger partial charge is 0.224 e. The van der Waals surface area contributed by atoms with Crippen molar-refractivity contribution in [3.63, 3.8) is 0 Å². The summed E-state index contributed by atoms with van der Waals surface area (Å²) < 4.78 is 0.971. The van der Waals surface area contributed by atoms with E-state index in [2.05, 4.69) is 32.6 Å². The quantitative estimate of drug-likeness (QED) is 0.638. The van der Waals surface area contributed by atoms with E-state index in [0.29, 0.717) is 11.7 Å². The maximum Gasteiger partial charge on any atom is 0.224 e. The number of rotatable bonds is 1.